The van der Waals surface area contributed by atoms with Gasteiger partial charge in [-0.2, -0.15) is 0 Å². The fourth-order valence-electron chi connectivity index (χ4n) is 3.13. The molecule has 12 heteroatoms. The van der Waals surface area contributed by atoms with Crippen molar-refractivity contribution in [2.24, 2.45) is 0 Å². The smallest absolute Gasteiger partial charge is 0.353 e. The molecule has 0 saturated carbocycles. The molecule has 0 aliphatic heterocycles. The summed E-state index contributed by atoms with van der Waals surface area (Å²) in [5, 5.41) is 18.2. The van der Waals surface area contributed by atoms with Crippen molar-refractivity contribution in [3.63, 3.8) is 0 Å². The highest BCUT2D eigenvalue weighted by Crippen LogP contribution is 2.38. The van der Waals surface area contributed by atoms with Crippen LogP contribution in [0.2, 0.25) is 5.02 Å². The Morgan fingerprint density at radius 2 is 1.62 bits per heavy atom. The summed E-state index contributed by atoms with van der Waals surface area (Å²) < 4.78 is 21.6. The maximum absolute atomic E-state index is 11.8. The zero-order chi connectivity index (χ0) is 24.5. The van der Waals surface area contributed by atoms with Gasteiger partial charge in [-0.1, -0.05) is 23.7 Å². The van der Waals surface area contributed by atoms with Crippen LogP contribution in [0.5, 0.6) is 23.0 Å². The van der Waals surface area contributed by atoms with Gasteiger partial charge in [-0.15, -0.1) is 0 Å². The van der Waals surface area contributed by atoms with Crippen LogP contribution in [0.3, 0.4) is 0 Å². The first-order valence-electron chi connectivity index (χ1n) is 10.1. The number of rotatable bonds is 12. The normalized spacial score (nSPS) is 10.4. The van der Waals surface area contributed by atoms with E-state index in [0.717, 1.165) is 5.56 Å². The van der Waals surface area contributed by atoms with Crippen molar-refractivity contribution in [1.29, 1.82) is 0 Å². The summed E-state index contributed by atoms with van der Waals surface area (Å²) in [6, 6.07) is 10.5. The van der Waals surface area contributed by atoms with Gasteiger partial charge in [0.05, 0.1) is 37.8 Å². The Bertz CT molecular complexity index is 1120. The van der Waals surface area contributed by atoms with Gasteiger partial charge in [-0.3, -0.25) is 10.1 Å². The molecule has 2 aromatic carbocycles. The molecule has 2 N–H and O–H groups in total. The average molecular weight is 490 g/mol. The molecular weight excluding hydrogens is 466 g/mol. The number of methoxy groups -OCH3 is 3. The predicted molar refractivity (Wildman–Crippen MR) is 128 cm³/mol. The molecule has 0 amide bonds. The van der Waals surface area contributed by atoms with Crippen LogP contribution in [0.25, 0.3) is 0 Å². The van der Waals surface area contributed by atoms with Crippen LogP contribution in [0.1, 0.15) is 5.56 Å². The van der Waals surface area contributed by atoms with Crippen LogP contribution >= 0.6 is 11.6 Å². The molecule has 34 heavy (non-hydrogen) atoms. The molecule has 0 radical (unpaired) electrons. The molecule has 180 valence electrons. The molecule has 0 spiro atoms. The van der Waals surface area contributed by atoms with E-state index in [-0.39, 0.29) is 37.0 Å². The highest BCUT2D eigenvalue weighted by Gasteiger charge is 2.23. The molecule has 0 aliphatic rings. The number of ether oxygens (including phenoxy) is 4. The molecule has 11 nitrogen and oxygen atoms in total. The summed E-state index contributed by atoms with van der Waals surface area (Å²) in [6.07, 6.45) is 1.24. The number of anilines is 2. The zero-order valence-electron chi connectivity index (χ0n) is 18.8. The summed E-state index contributed by atoms with van der Waals surface area (Å²) in [5.74, 6) is 2.04. The van der Waals surface area contributed by atoms with Crippen molar-refractivity contribution >= 4 is 28.9 Å². The summed E-state index contributed by atoms with van der Waals surface area (Å²) in [6.45, 7) is 0.693. The minimum Gasteiger partial charge on any atom is -0.493 e. The molecule has 1 aromatic heterocycles. The van der Waals surface area contributed by atoms with Crippen molar-refractivity contribution in [1.82, 2.24) is 9.97 Å². The van der Waals surface area contributed by atoms with Crippen molar-refractivity contribution < 1.29 is 23.9 Å². The van der Waals surface area contributed by atoms with Crippen molar-refractivity contribution in [3.8, 4) is 23.0 Å². The minimum absolute atomic E-state index is 0.0586. The lowest BCUT2D eigenvalue weighted by Crippen LogP contribution is -2.15. The third-order valence-electron chi connectivity index (χ3n) is 4.68. The molecule has 1 heterocycles. The quantitative estimate of drug-likeness (QED) is 0.217. The number of nitrogens with zero attached hydrogens (tertiary/aromatic N) is 3. The highest BCUT2D eigenvalue weighted by molar-refractivity contribution is 6.32. The van der Waals surface area contributed by atoms with E-state index in [0.29, 0.717) is 28.0 Å². The maximum Gasteiger partial charge on any atom is 0.353 e. The van der Waals surface area contributed by atoms with Crippen LogP contribution in [0.15, 0.2) is 42.7 Å². The van der Waals surface area contributed by atoms with Crippen molar-refractivity contribution in [2.75, 3.05) is 45.1 Å². The molecule has 0 unspecified atom stereocenters. The largest absolute Gasteiger partial charge is 0.493 e. The number of nitrogens with one attached hydrogen (secondary N) is 2. The number of para-hydroxylation sites is 1. The lowest BCUT2D eigenvalue weighted by atomic mass is 10.1. The van der Waals surface area contributed by atoms with E-state index in [9.17, 15) is 10.1 Å². The van der Waals surface area contributed by atoms with Gasteiger partial charge in [-0.05, 0) is 29.8 Å². The predicted octanol–water partition coefficient (Wildman–Crippen LogP) is 4.17. The number of halogens is 1. The molecular formula is C22H24ClN5O6. The number of hydrogen-bond donors (Lipinski definition) is 2. The van der Waals surface area contributed by atoms with Gasteiger partial charge in [-0.25, -0.2) is 9.97 Å². The zero-order valence-corrected chi connectivity index (χ0v) is 19.6. The summed E-state index contributed by atoms with van der Waals surface area (Å²) in [5.41, 5.74) is 0.456. The second-order valence-electron chi connectivity index (χ2n) is 6.77. The highest BCUT2D eigenvalue weighted by atomic mass is 35.5. The first-order chi connectivity index (χ1) is 16.5. The minimum atomic E-state index is -0.547. The van der Waals surface area contributed by atoms with Gasteiger partial charge < -0.3 is 29.6 Å². The van der Waals surface area contributed by atoms with Gasteiger partial charge in [0.25, 0.3) is 0 Å². The first kappa shape index (κ1) is 24.6. The van der Waals surface area contributed by atoms with Gasteiger partial charge in [0.15, 0.2) is 11.5 Å². The van der Waals surface area contributed by atoms with Crippen LogP contribution in [0, 0.1) is 10.1 Å². The van der Waals surface area contributed by atoms with Gasteiger partial charge in [0.2, 0.25) is 17.4 Å². The number of aromatic nitrogens is 2. The standard InChI is InChI=1S/C22H24ClN5O6/c1-31-17-10-14(11-18(32-2)20(17)33-3)12-25-22-19(28(29)30)21(26-13-27-22)24-8-9-34-16-7-5-4-6-15(16)23/h4-7,10-11,13H,8-9,12H2,1-3H3,(H2,24,25,26,27). The Labute approximate surface area is 201 Å². The molecule has 3 aromatic rings. The maximum atomic E-state index is 11.8. The topological polar surface area (TPSA) is 130 Å². The number of hydrogen-bond acceptors (Lipinski definition) is 10. The molecule has 0 fully saturated rings. The van der Waals surface area contributed by atoms with Crippen LogP contribution in [-0.4, -0.2) is 49.4 Å². The van der Waals surface area contributed by atoms with E-state index in [1.54, 1.807) is 36.4 Å². The Balaban J connectivity index is 1.71. The van der Waals surface area contributed by atoms with Gasteiger partial charge >= 0.3 is 5.69 Å². The molecule has 0 bridgehead atoms. The third-order valence-corrected chi connectivity index (χ3v) is 4.99. The number of nitro groups is 1. The molecule has 3 rings (SSSR count). The molecule has 0 atom stereocenters. The van der Waals surface area contributed by atoms with E-state index >= 15 is 0 Å². The van der Waals surface area contributed by atoms with E-state index in [1.165, 1.54) is 27.7 Å². The first-order valence-corrected chi connectivity index (χ1v) is 10.5. The second-order valence-corrected chi connectivity index (χ2v) is 7.18. The van der Waals surface area contributed by atoms with E-state index in [1.807, 2.05) is 0 Å². The lowest BCUT2D eigenvalue weighted by Gasteiger charge is -2.15. The summed E-state index contributed by atoms with van der Waals surface area (Å²) in [4.78, 5) is 19.3. The summed E-state index contributed by atoms with van der Waals surface area (Å²) in [7, 11) is 4.53. The lowest BCUT2D eigenvalue weighted by molar-refractivity contribution is -0.383. The van der Waals surface area contributed by atoms with Crippen LogP contribution in [0.4, 0.5) is 17.3 Å². The van der Waals surface area contributed by atoms with Crippen molar-refractivity contribution in [2.45, 2.75) is 6.54 Å². The van der Waals surface area contributed by atoms with Crippen LogP contribution < -0.4 is 29.6 Å². The molecule has 0 aliphatic carbocycles. The molecule has 0 saturated heterocycles. The number of benzene rings is 2. The fourth-order valence-corrected chi connectivity index (χ4v) is 3.32. The Hall–Kier alpha value is -3.99. The van der Waals surface area contributed by atoms with Gasteiger partial charge in [0, 0.05) is 6.54 Å². The Morgan fingerprint density at radius 3 is 2.21 bits per heavy atom. The van der Waals surface area contributed by atoms with E-state index in [2.05, 4.69) is 20.6 Å². The Kier molecular flexibility index (Phi) is 8.52. The van der Waals surface area contributed by atoms with E-state index in [4.69, 9.17) is 30.5 Å². The van der Waals surface area contributed by atoms with Crippen molar-refractivity contribution in [3.05, 3.63) is 63.4 Å². The SMILES string of the molecule is COc1cc(CNc2ncnc(NCCOc3ccccc3Cl)c2[N+](=O)[O-])cc(OC)c1OC. The van der Waals surface area contributed by atoms with Crippen LogP contribution in [-0.2, 0) is 6.54 Å². The average Bonchev–Trinajstić information content (AvgIpc) is 2.85. The monoisotopic (exact) mass is 489 g/mol. The fraction of sp³-hybridized carbons (Fsp3) is 0.273. The third kappa shape index (κ3) is 5.87. The second kappa shape index (κ2) is 11.8. The summed E-state index contributed by atoms with van der Waals surface area (Å²) >= 11 is 6.06. The van der Waals surface area contributed by atoms with Gasteiger partial charge in [0.1, 0.15) is 18.7 Å². The Morgan fingerprint density at radius 1 is 0.971 bits per heavy atom. The van der Waals surface area contributed by atoms with E-state index < -0.39 is 4.92 Å².